The van der Waals surface area contributed by atoms with Crippen LogP contribution in [-0.2, 0) is 6.54 Å². The van der Waals surface area contributed by atoms with Crippen LogP contribution in [0.1, 0.15) is 5.56 Å². The van der Waals surface area contributed by atoms with Crippen molar-refractivity contribution in [3.63, 3.8) is 0 Å². The predicted molar refractivity (Wildman–Crippen MR) is 58.9 cm³/mol. The number of hydrogen-bond acceptors (Lipinski definition) is 4. The molecule has 0 unspecified atom stereocenters. The highest BCUT2D eigenvalue weighted by atomic mass is 16.5. The van der Waals surface area contributed by atoms with E-state index in [-0.39, 0.29) is 0 Å². The lowest BCUT2D eigenvalue weighted by Gasteiger charge is -2.27. The largest absolute Gasteiger partial charge is 0.496 e. The normalized spacial score (nSPS) is 17.7. The Hall–Kier alpha value is -1.13. The maximum absolute atomic E-state index is 5.30. The third-order valence-electron chi connectivity index (χ3n) is 2.68. The molecule has 0 bridgehead atoms. The first-order valence-corrected chi connectivity index (χ1v) is 5.30. The van der Waals surface area contributed by atoms with Gasteiger partial charge < -0.3 is 10.1 Å². The van der Waals surface area contributed by atoms with Crippen molar-refractivity contribution in [1.82, 2.24) is 15.2 Å². The van der Waals surface area contributed by atoms with Crippen molar-refractivity contribution in [2.75, 3.05) is 33.3 Å². The molecular weight excluding hydrogens is 190 g/mol. The standard InChI is InChI=1S/C11H17N3O/c1-15-11-2-3-13-8-10(11)9-14-6-4-12-5-7-14/h2-3,8,12H,4-7,9H2,1H3. The Labute approximate surface area is 90.3 Å². The van der Waals surface area contributed by atoms with Gasteiger partial charge in [-0.1, -0.05) is 0 Å². The van der Waals surface area contributed by atoms with Crippen molar-refractivity contribution in [3.8, 4) is 5.75 Å². The highest BCUT2D eigenvalue weighted by Crippen LogP contribution is 2.17. The SMILES string of the molecule is COc1ccncc1CN1CCNCC1. The van der Waals surface area contributed by atoms with E-state index in [0.717, 1.165) is 38.5 Å². The van der Waals surface area contributed by atoms with E-state index >= 15 is 0 Å². The Balaban J connectivity index is 2.02. The third-order valence-corrected chi connectivity index (χ3v) is 2.68. The maximum atomic E-state index is 5.30. The van der Waals surface area contributed by atoms with Gasteiger partial charge in [0.25, 0.3) is 0 Å². The summed E-state index contributed by atoms with van der Waals surface area (Å²) < 4.78 is 5.30. The van der Waals surface area contributed by atoms with Gasteiger partial charge in [-0.3, -0.25) is 9.88 Å². The highest BCUT2D eigenvalue weighted by molar-refractivity contribution is 5.29. The van der Waals surface area contributed by atoms with Gasteiger partial charge in [-0.25, -0.2) is 0 Å². The number of aromatic nitrogens is 1. The topological polar surface area (TPSA) is 37.4 Å². The maximum Gasteiger partial charge on any atom is 0.126 e. The molecule has 1 fully saturated rings. The van der Waals surface area contributed by atoms with Gasteiger partial charge in [-0.2, -0.15) is 0 Å². The smallest absolute Gasteiger partial charge is 0.126 e. The molecule has 0 spiro atoms. The molecule has 1 aromatic rings. The van der Waals surface area contributed by atoms with Gasteiger partial charge in [0.15, 0.2) is 0 Å². The van der Waals surface area contributed by atoms with Gasteiger partial charge in [0.1, 0.15) is 5.75 Å². The number of ether oxygens (including phenoxy) is 1. The average molecular weight is 207 g/mol. The second kappa shape index (κ2) is 5.09. The Morgan fingerprint density at radius 3 is 3.00 bits per heavy atom. The fourth-order valence-electron chi connectivity index (χ4n) is 1.84. The van der Waals surface area contributed by atoms with Gasteiger partial charge >= 0.3 is 0 Å². The number of rotatable bonds is 3. The Kier molecular flexibility index (Phi) is 3.53. The van der Waals surface area contributed by atoms with Crippen LogP contribution in [0.15, 0.2) is 18.5 Å². The van der Waals surface area contributed by atoms with Crippen molar-refractivity contribution in [1.29, 1.82) is 0 Å². The number of methoxy groups -OCH3 is 1. The van der Waals surface area contributed by atoms with Gasteiger partial charge in [0.05, 0.1) is 7.11 Å². The molecule has 1 N–H and O–H groups in total. The fraction of sp³-hybridized carbons (Fsp3) is 0.545. The summed E-state index contributed by atoms with van der Waals surface area (Å²) >= 11 is 0. The molecule has 82 valence electrons. The van der Waals surface area contributed by atoms with Crippen LogP contribution in [0.25, 0.3) is 0 Å². The van der Waals surface area contributed by atoms with E-state index in [2.05, 4.69) is 15.2 Å². The lowest BCUT2D eigenvalue weighted by Crippen LogP contribution is -2.42. The number of pyridine rings is 1. The molecule has 15 heavy (non-hydrogen) atoms. The second-order valence-corrected chi connectivity index (χ2v) is 3.71. The molecule has 4 heteroatoms. The summed E-state index contributed by atoms with van der Waals surface area (Å²) in [6.45, 7) is 5.26. The Morgan fingerprint density at radius 1 is 1.47 bits per heavy atom. The summed E-state index contributed by atoms with van der Waals surface area (Å²) in [4.78, 5) is 6.55. The van der Waals surface area contributed by atoms with Crippen molar-refractivity contribution in [3.05, 3.63) is 24.0 Å². The fourth-order valence-corrected chi connectivity index (χ4v) is 1.84. The molecule has 4 nitrogen and oxygen atoms in total. The zero-order valence-electron chi connectivity index (χ0n) is 9.07. The summed E-state index contributed by atoms with van der Waals surface area (Å²) in [6, 6.07) is 1.91. The van der Waals surface area contributed by atoms with E-state index in [1.165, 1.54) is 5.56 Å². The van der Waals surface area contributed by atoms with Crippen molar-refractivity contribution in [2.45, 2.75) is 6.54 Å². The first-order chi connectivity index (χ1) is 7.40. The van der Waals surface area contributed by atoms with Gasteiger partial charge in [0.2, 0.25) is 0 Å². The molecule has 1 saturated heterocycles. The summed E-state index contributed by atoms with van der Waals surface area (Å²) in [7, 11) is 1.70. The Bertz CT molecular complexity index is 310. The molecule has 0 aliphatic carbocycles. The summed E-state index contributed by atoms with van der Waals surface area (Å²) in [5, 5.41) is 3.34. The minimum absolute atomic E-state index is 0.929. The minimum atomic E-state index is 0.929. The molecule has 0 atom stereocenters. The van der Waals surface area contributed by atoms with E-state index < -0.39 is 0 Å². The number of piperazine rings is 1. The van der Waals surface area contributed by atoms with Crippen LogP contribution in [0, 0.1) is 0 Å². The van der Waals surface area contributed by atoms with Crippen LogP contribution >= 0.6 is 0 Å². The summed E-state index contributed by atoms with van der Waals surface area (Å²) in [5.74, 6) is 0.934. The van der Waals surface area contributed by atoms with E-state index in [1.807, 2.05) is 12.3 Å². The summed E-state index contributed by atoms with van der Waals surface area (Å²) in [6.07, 6.45) is 3.65. The van der Waals surface area contributed by atoms with E-state index in [4.69, 9.17) is 4.74 Å². The van der Waals surface area contributed by atoms with E-state index in [9.17, 15) is 0 Å². The quantitative estimate of drug-likeness (QED) is 0.783. The van der Waals surface area contributed by atoms with E-state index in [0.29, 0.717) is 0 Å². The van der Waals surface area contributed by atoms with Crippen LogP contribution in [0.4, 0.5) is 0 Å². The third kappa shape index (κ3) is 2.67. The number of nitrogens with zero attached hydrogens (tertiary/aromatic N) is 2. The molecule has 1 aromatic heterocycles. The first-order valence-electron chi connectivity index (χ1n) is 5.30. The summed E-state index contributed by atoms with van der Waals surface area (Å²) in [5.41, 5.74) is 1.17. The molecular formula is C11H17N3O. The molecule has 0 saturated carbocycles. The first kappa shape index (κ1) is 10.4. The zero-order chi connectivity index (χ0) is 10.5. The van der Waals surface area contributed by atoms with E-state index in [1.54, 1.807) is 13.3 Å². The average Bonchev–Trinajstić information content (AvgIpc) is 2.31. The minimum Gasteiger partial charge on any atom is -0.496 e. The van der Waals surface area contributed by atoms with Crippen LogP contribution in [0.5, 0.6) is 5.75 Å². The molecule has 1 aliphatic heterocycles. The van der Waals surface area contributed by atoms with Crippen LogP contribution in [-0.4, -0.2) is 43.2 Å². The van der Waals surface area contributed by atoms with Gasteiger partial charge in [0, 0.05) is 50.7 Å². The van der Waals surface area contributed by atoms with Crippen LogP contribution in [0.3, 0.4) is 0 Å². The number of hydrogen-bond donors (Lipinski definition) is 1. The van der Waals surface area contributed by atoms with Crippen molar-refractivity contribution in [2.24, 2.45) is 0 Å². The van der Waals surface area contributed by atoms with Crippen LogP contribution < -0.4 is 10.1 Å². The molecule has 0 aromatic carbocycles. The van der Waals surface area contributed by atoms with Crippen molar-refractivity contribution >= 4 is 0 Å². The predicted octanol–water partition coefficient (Wildman–Crippen LogP) is 0.495. The second-order valence-electron chi connectivity index (χ2n) is 3.71. The van der Waals surface area contributed by atoms with Gasteiger partial charge in [-0.15, -0.1) is 0 Å². The lowest BCUT2D eigenvalue weighted by atomic mass is 10.2. The lowest BCUT2D eigenvalue weighted by molar-refractivity contribution is 0.230. The highest BCUT2D eigenvalue weighted by Gasteiger charge is 2.12. The van der Waals surface area contributed by atoms with Gasteiger partial charge in [-0.05, 0) is 6.07 Å². The van der Waals surface area contributed by atoms with Crippen molar-refractivity contribution < 1.29 is 4.74 Å². The molecule has 2 rings (SSSR count). The van der Waals surface area contributed by atoms with Crippen LogP contribution in [0.2, 0.25) is 0 Å². The number of nitrogens with one attached hydrogen (secondary N) is 1. The molecule has 2 heterocycles. The zero-order valence-corrected chi connectivity index (χ0v) is 9.07. The molecule has 1 aliphatic rings. The molecule has 0 amide bonds. The molecule has 0 radical (unpaired) electrons. The Morgan fingerprint density at radius 2 is 2.27 bits per heavy atom. The monoisotopic (exact) mass is 207 g/mol.